The molecule has 0 aromatic heterocycles. The molecular formula is C12H18N2O. The van der Waals surface area contributed by atoms with Gasteiger partial charge in [0, 0.05) is 19.1 Å². The van der Waals surface area contributed by atoms with Crippen LogP contribution in [0.5, 0.6) is 5.75 Å². The fourth-order valence-electron chi connectivity index (χ4n) is 2.26. The first-order valence-corrected chi connectivity index (χ1v) is 5.46. The Morgan fingerprint density at radius 3 is 3.00 bits per heavy atom. The van der Waals surface area contributed by atoms with Gasteiger partial charge < -0.3 is 15.4 Å². The largest absolute Gasteiger partial charge is 0.495 e. The zero-order valence-corrected chi connectivity index (χ0v) is 9.15. The van der Waals surface area contributed by atoms with E-state index < -0.39 is 0 Å². The van der Waals surface area contributed by atoms with Gasteiger partial charge in [-0.2, -0.15) is 0 Å². The number of ether oxygens (including phenoxy) is 1. The highest BCUT2D eigenvalue weighted by molar-refractivity contribution is 5.59. The standard InChI is InChI=1S/C12H18N2O/c1-15-12-7-3-2-6-11(12)14-8-4-5-10(14)9-13/h2-3,6-7,10H,4-5,8-9,13H2,1H3. The van der Waals surface area contributed by atoms with E-state index in [2.05, 4.69) is 11.0 Å². The molecule has 2 rings (SSSR count). The lowest BCUT2D eigenvalue weighted by atomic mass is 10.2. The fraction of sp³-hybridized carbons (Fsp3) is 0.500. The van der Waals surface area contributed by atoms with E-state index in [4.69, 9.17) is 10.5 Å². The number of nitrogens with zero attached hydrogens (tertiary/aromatic N) is 1. The van der Waals surface area contributed by atoms with E-state index in [0.717, 1.165) is 18.8 Å². The number of para-hydroxylation sites is 2. The Hall–Kier alpha value is -1.22. The Balaban J connectivity index is 2.27. The molecule has 1 fully saturated rings. The number of rotatable bonds is 3. The molecule has 0 radical (unpaired) electrons. The molecule has 0 bridgehead atoms. The molecule has 1 aliphatic heterocycles. The number of benzene rings is 1. The second-order valence-electron chi connectivity index (χ2n) is 3.90. The van der Waals surface area contributed by atoms with Gasteiger partial charge in [-0.25, -0.2) is 0 Å². The highest BCUT2D eigenvalue weighted by atomic mass is 16.5. The Morgan fingerprint density at radius 2 is 2.27 bits per heavy atom. The Kier molecular flexibility index (Phi) is 3.11. The number of hydrogen-bond donors (Lipinski definition) is 1. The summed E-state index contributed by atoms with van der Waals surface area (Å²) >= 11 is 0. The van der Waals surface area contributed by atoms with E-state index >= 15 is 0 Å². The summed E-state index contributed by atoms with van der Waals surface area (Å²) in [4.78, 5) is 2.36. The van der Waals surface area contributed by atoms with Gasteiger partial charge in [-0.15, -0.1) is 0 Å². The molecule has 0 amide bonds. The predicted octanol–water partition coefficient (Wildman–Crippen LogP) is 1.62. The van der Waals surface area contributed by atoms with Crippen molar-refractivity contribution in [2.24, 2.45) is 5.73 Å². The fourth-order valence-corrected chi connectivity index (χ4v) is 2.26. The summed E-state index contributed by atoms with van der Waals surface area (Å²) in [6.45, 7) is 1.81. The quantitative estimate of drug-likeness (QED) is 0.816. The summed E-state index contributed by atoms with van der Waals surface area (Å²) in [6.07, 6.45) is 2.41. The number of hydrogen-bond acceptors (Lipinski definition) is 3. The second kappa shape index (κ2) is 4.53. The van der Waals surface area contributed by atoms with Crippen LogP contribution in [0.2, 0.25) is 0 Å². The van der Waals surface area contributed by atoms with Crippen LogP contribution in [-0.4, -0.2) is 26.2 Å². The maximum atomic E-state index is 5.77. The van der Waals surface area contributed by atoms with Gasteiger partial charge in [0.15, 0.2) is 0 Å². The van der Waals surface area contributed by atoms with Crippen LogP contribution in [-0.2, 0) is 0 Å². The third kappa shape index (κ3) is 1.92. The van der Waals surface area contributed by atoms with Crippen molar-refractivity contribution in [3.63, 3.8) is 0 Å². The van der Waals surface area contributed by atoms with Crippen LogP contribution in [0.1, 0.15) is 12.8 Å². The van der Waals surface area contributed by atoms with Gasteiger partial charge in [0.05, 0.1) is 12.8 Å². The van der Waals surface area contributed by atoms with E-state index in [9.17, 15) is 0 Å². The molecule has 1 saturated heterocycles. The lowest BCUT2D eigenvalue weighted by Crippen LogP contribution is -2.35. The maximum absolute atomic E-state index is 5.77. The van der Waals surface area contributed by atoms with Gasteiger partial charge in [0.25, 0.3) is 0 Å². The highest BCUT2D eigenvalue weighted by Gasteiger charge is 2.25. The third-order valence-electron chi connectivity index (χ3n) is 3.04. The lowest BCUT2D eigenvalue weighted by molar-refractivity contribution is 0.414. The third-order valence-corrected chi connectivity index (χ3v) is 3.04. The van der Waals surface area contributed by atoms with Crippen LogP contribution in [0.25, 0.3) is 0 Å². The van der Waals surface area contributed by atoms with Crippen molar-refractivity contribution < 1.29 is 4.74 Å². The second-order valence-corrected chi connectivity index (χ2v) is 3.90. The minimum atomic E-state index is 0.473. The number of nitrogens with two attached hydrogens (primary N) is 1. The van der Waals surface area contributed by atoms with Crippen LogP contribution < -0.4 is 15.4 Å². The first-order valence-electron chi connectivity index (χ1n) is 5.46. The van der Waals surface area contributed by atoms with Crippen LogP contribution in [0.3, 0.4) is 0 Å². The summed E-state index contributed by atoms with van der Waals surface area (Å²) in [5.41, 5.74) is 6.94. The molecule has 1 heterocycles. The minimum absolute atomic E-state index is 0.473. The SMILES string of the molecule is COc1ccccc1N1CCCC1CN. The van der Waals surface area contributed by atoms with Crippen molar-refractivity contribution in [2.75, 3.05) is 25.1 Å². The number of methoxy groups -OCH3 is 1. The van der Waals surface area contributed by atoms with E-state index in [1.807, 2.05) is 18.2 Å². The Labute approximate surface area is 90.8 Å². The molecule has 3 nitrogen and oxygen atoms in total. The highest BCUT2D eigenvalue weighted by Crippen LogP contribution is 2.32. The summed E-state index contributed by atoms with van der Waals surface area (Å²) in [5.74, 6) is 0.942. The molecule has 15 heavy (non-hydrogen) atoms. The van der Waals surface area contributed by atoms with E-state index in [1.54, 1.807) is 7.11 Å². The van der Waals surface area contributed by atoms with Gasteiger partial charge >= 0.3 is 0 Å². The van der Waals surface area contributed by atoms with E-state index in [-0.39, 0.29) is 0 Å². The van der Waals surface area contributed by atoms with Gasteiger partial charge in [-0.1, -0.05) is 12.1 Å². The van der Waals surface area contributed by atoms with Crippen molar-refractivity contribution in [3.05, 3.63) is 24.3 Å². The first kappa shape index (κ1) is 10.3. The van der Waals surface area contributed by atoms with Crippen molar-refractivity contribution in [3.8, 4) is 5.75 Å². The lowest BCUT2D eigenvalue weighted by Gasteiger charge is -2.27. The zero-order valence-electron chi connectivity index (χ0n) is 9.15. The monoisotopic (exact) mass is 206 g/mol. The molecule has 0 spiro atoms. The van der Waals surface area contributed by atoms with Gasteiger partial charge in [-0.05, 0) is 25.0 Å². The Morgan fingerprint density at radius 1 is 1.47 bits per heavy atom. The first-order chi connectivity index (χ1) is 7.36. The predicted molar refractivity (Wildman–Crippen MR) is 62.4 cm³/mol. The average molecular weight is 206 g/mol. The zero-order chi connectivity index (χ0) is 10.7. The molecule has 1 aliphatic rings. The van der Waals surface area contributed by atoms with Crippen molar-refractivity contribution in [1.29, 1.82) is 0 Å². The van der Waals surface area contributed by atoms with Crippen LogP contribution in [0, 0.1) is 0 Å². The van der Waals surface area contributed by atoms with Crippen LogP contribution in [0.15, 0.2) is 24.3 Å². The molecule has 1 atom stereocenters. The van der Waals surface area contributed by atoms with Gasteiger partial charge in [0.1, 0.15) is 5.75 Å². The molecule has 1 aromatic carbocycles. The molecule has 0 saturated carbocycles. The molecule has 1 aromatic rings. The summed E-state index contributed by atoms with van der Waals surface area (Å²) in [6, 6.07) is 8.62. The van der Waals surface area contributed by atoms with Crippen LogP contribution in [0.4, 0.5) is 5.69 Å². The molecule has 0 aliphatic carbocycles. The van der Waals surface area contributed by atoms with Crippen molar-refractivity contribution >= 4 is 5.69 Å². The normalized spacial score (nSPS) is 20.7. The summed E-state index contributed by atoms with van der Waals surface area (Å²) < 4.78 is 5.37. The Bertz CT molecular complexity index is 327. The average Bonchev–Trinajstić information content (AvgIpc) is 2.76. The molecular weight excluding hydrogens is 188 g/mol. The molecule has 2 N–H and O–H groups in total. The van der Waals surface area contributed by atoms with Crippen LogP contribution >= 0.6 is 0 Å². The molecule has 3 heteroatoms. The molecule has 1 unspecified atom stereocenters. The van der Waals surface area contributed by atoms with Gasteiger partial charge in [-0.3, -0.25) is 0 Å². The topological polar surface area (TPSA) is 38.5 Å². The van der Waals surface area contributed by atoms with Crippen molar-refractivity contribution in [1.82, 2.24) is 0 Å². The van der Waals surface area contributed by atoms with Crippen molar-refractivity contribution in [2.45, 2.75) is 18.9 Å². The smallest absolute Gasteiger partial charge is 0.142 e. The number of anilines is 1. The summed E-state index contributed by atoms with van der Waals surface area (Å²) in [5, 5.41) is 0. The minimum Gasteiger partial charge on any atom is -0.495 e. The maximum Gasteiger partial charge on any atom is 0.142 e. The van der Waals surface area contributed by atoms with Gasteiger partial charge in [0.2, 0.25) is 0 Å². The summed E-state index contributed by atoms with van der Waals surface area (Å²) in [7, 11) is 1.71. The van der Waals surface area contributed by atoms with E-state index in [0.29, 0.717) is 6.04 Å². The molecule has 82 valence electrons. The van der Waals surface area contributed by atoms with E-state index in [1.165, 1.54) is 18.5 Å².